The van der Waals surface area contributed by atoms with Crippen LogP contribution in [-0.4, -0.2) is 48.9 Å². The number of aliphatic hydroxyl groups is 1. The number of carbonyl (C=O) groups is 2. The van der Waals surface area contributed by atoms with Gasteiger partial charge in [0.25, 0.3) is 0 Å². The molecule has 0 aromatic heterocycles. The Labute approximate surface area is 147 Å². The lowest BCUT2D eigenvalue weighted by Crippen LogP contribution is -2.51. The summed E-state index contributed by atoms with van der Waals surface area (Å²) < 4.78 is 10.9. The Morgan fingerprint density at radius 1 is 1.36 bits per heavy atom. The summed E-state index contributed by atoms with van der Waals surface area (Å²) in [4.78, 5) is 23.3. The first-order valence-corrected chi connectivity index (χ1v) is 8.45. The van der Waals surface area contributed by atoms with Gasteiger partial charge in [0.1, 0.15) is 11.9 Å². The van der Waals surface area contributed by atoms with E-state index < -0.39 is 6.10 Å². The van der Waals surface area contributed by atoms with E-state index in [-0.39, 0.29) is 37.0 Å². The molecule has 0 unspecified atom stereocenters. The molecule has 1 aromatic carbocycles. The normalized spacial score (nSPS) is 22.9. The standard InChI is InChI=1S/C18H26N2O5/c1-12(22)20-16-7-6-15(25-17(16)11-21)9-18(23)19-10-13-4-3-5-14(8-13)24-2/h3-5,8,15-17,21H,6-7,9-11H2,1-2H3,(H,19,23)(H,20,22)/t15-,16-,17-/m0/s1. The molecule has 25 heavy (non-hydrogen) atoms. The molecule has 1 aliphatic heterocycles. The van der Waals surface area contributed by atoms with E-state index in [4.69, 9.17) is 9.47 Å². The summed E-state index contributed by atoms with van der Waals surface area (Å²) in [6.07, 6.45) is 0.834. The molecule has 1 fully saturated rings. The number of ether oxygens (including phenoxy) is 2. The van der Waals surface area contributed by atoms with Crippen LogP contribution in [0.4, 0.5) is 0 Å². The first-order chi connectivity index (χ1) is 12.0. The molecule has 1 saturated heterocycles. The zero-order valence-corrected chi connectivity index (χ0v) is 14.7. The predicted molar refractivity (Wildman–Crippen MR) is 92.0 cm³/mol. The van der Waals surface area contributed by atoms with Crippen molar-refractivity contribution in [1.82, 2.24) is 10.6 Å². The molecule has 7 nitrogen and oxygen atoms in total. The number of methoxy groups -OCH3 is 1. The molecule has 0 radical (unpaired) electrons. The quantitative estimate of drug-likeness (QED) is 0.674. The maximum atomic E-state index is 12.1. The lowest BCUT2D eigenvalue weighted by Gasteiger charge is -2.35. The number of hydrogen-bond donors (Lipinski definition) is 3. The molecular weight excluding hydrogens is 324 g/mol. The maximum Gasteiger partial charge on any atom is 0.222 e. The van der Waals surface area contributed by atoms with Crippen LogP contribution >= 0.6 is 0 Å². The minimum atomic E-state index is -0.478. The van der Waals surface area contributed by atoms with Crippen LogP contribution in [0.25, 0.3) is 0 Å². The topological polar surface area (TPSA) is 96.9 Å². The van der Waals surface area contributed by atoms with Gasteiger partial charge >= 0.3 is 0 Å². The van der Waals surface area contributed by atoms with Crippen molar-refractivity contribution in [2.45, 2.75) is 51.0 Å². The van der Waals surface area contributed by atoms with Gasteiger partial charge in [0.2, 0.25) is 11.8 Å². The van der Waals surface area contributed by atoms with Crippen molar-refractivity contribution in [3.63, 3.8) is 0 Å². The molecule has 0 spiro atoms. The SMILES string of the molecule is COc1cccc(CNC(=O)C[C@@H]2CC[C@H](NC(C)=O)[C@H](CO)O2)c1. The van der Waals surface area contributed by atoms with Gasteiger partial charge in [0, 0.05) is 13.5 Å². The predicted octanol–water partition coefficient (Wildman–Crippen LogP) is 0.746. The molecule has 2 amide bonds. The molecule has 0 saturated carbocycles. The van der Waals surface area contributed by atoms with Gasteiger partial charge in [-0.15, -0.1) is 0 Å². The van der Waals surface area contributed by atoms with E-state index in [0.717, 1.165) is 11.3 Å². The minimum absolute atomic E-state index is 0.109. The third-order valence-electron chi connectivity index (χ3n) is 4.22. The van der Waals surface area contributed by atoms with Crippen molar-refractivity contribution >= 4 is 11.8 Å². The van der Waals surface area contributed by atoms with E-state index in [1.807, 2.05) is 24.3 Å². The second-order valence-corrected chi connectivity index (χ2v) is 6.20. The third-order valence-corrected chi connectivity index (χ3v) is 4.22. The van der Waals surface area contributed by atoms with E-state index in [1.165, 1.54) is 6.92 Å². The second-order valence-electron chi connectivity index (χ2n) is 6.20. The van der Waals surface area contributed by atoms with Gasteiger partial charge in [-0.2, -0.15) is 0 Å². The highest BCUT2D eigenvalue weighted by Crippen LogP contribution is 2.22. The molecule has 7 heteroatoms. The van der Waals surface area contributed by atoms with E-state index in [1.54, 1.807) is 7.11 Å². The number of amides is 2. The summed E-state index contributed by atoms with van der Waals surface area (Å²) in [5.41, 5.74) is 0.955. The summed E-state index contributed by atoms with van der Waals surface area (Å²) in [6.45, 7) is 1.67. The Bertz CT molecular complexity index is 593. The lowest BCUT2D eigenvalue weighted by atomic mass is 9.97. The molecule has 1 aliphatic rings. The van der Waals surface area contributed by atoms with Crippen molar-refractivity contribution in [1.29, 1.82) is 0 Å². The first-order valence-electron chi connectivity index (χ1n) is 8.45. The highest BCUT2D eigenvalue weighted by molar-refractivity contribution is 5.76. The van der Waals surface area contributed by atoms with E-state index in [0.29, 0.717) is 19.4 Å². The number of hydrogen-bond acceptors (Lipinski definition) is 5. The molecule has 138 valence electrons. The van der Waals surface area contributed by atoms with E-state index in [9.17, 15) is 14.7 Å². The average molecular weight is 350 g/mol. The Morgan fingerprint density at radius 2 is 2.16 bits per heavy atom. The Hall–Kier alpha value is -2.12. The number of carbonyl (C=O) groups excluding carboxylic acids is 2. The molecule has 0 aliphatic carbocycles. The van der Waals surface area contributed by atoms with Crippen molar-refractivity contribution in [3.05, 3.63) is 29.8 Å². The Morgan fingerprint density at radius 3 is 2.84 bits per heavy atom. The monoisotopic (exact) mass is 350 g/mol. The lowest BCUT2D eigenvalue weighted by molar-refractivity contribution is -0.135. The van der Waals surface area contributed by atoms with Crippen LogP contribution in [0.15, 0.2) is 24.3 Å². The maximum absolute atomic E-state index is 12.1. The van der Waals surface area contributed by atoms with Crippen LogP contribution in [-0.2, 0) is 20.9 Å². The molecule has 2 rings (SSSR count). The zero-order valence-electron chi connectivity index (χ0n) is 14.7. The van der Waals surface area contributed by atoms with Gasteiger partial charge in [0.15, 0.2) is 0 Å². The molecule has 3 atom stereocenters. The van der Waals surface area contributed by atoms with Crippen molar-refractivity contribution in [2.75, 3.05) is 13.7 Å². The van der Waals surface area contributed by atoms with Gasteiger partial charge in [-0.25, -0.2) is 0 Å². The zero-order chi connectivity index (χ0) is 18.2. The van der Waals surface area contributed by atoms with Crippen LogP contribution < -0.4 is 15.4 Å². The fourth-order valence-electron chi connectivity index (χ4n) is 2.97. The Kier molecular flexibility index (Phi) is 7.21. The third kappa shape index (κ3) is 6.03. The van der Waals surface area contributed by atoms with Crippen LogP contribution in [0.2, 0.25) is 0 Å². The van der Waals surface area contributed by atoms with Crippen LogP contribution in [0.3, 0.4) is 0 Å². The molecule has 1 aromatic rings. The number of aliphatic hydroxyl groups excluding tert-OH is 1. The highest BCUT2D eigenvalue weighted by Gasteiger charge is 2.32. The van der Waals surface area contributed by atoms with Crippen LogP contribution in [0.5, 0.6) is 5.75 Å². The first kappa shape index (κ1) is 19.2. The number of benzene rings is 1. The summed E-state index contributed by atoms with van der Waals surface area (Å²) in [6, 6.07) is 7.30. The van der Waals surface area contributed by atoms with Gasteiger partial charge in [-0.05, 0) is 30.5 Å². The van der Waals surface area contributed by atoms with E-state index in [2.05, 4.69) is 10.6 Å². The fourth-order valence-corrected chi connectivity index (χ4v) is 2.97. The molecular formula is C18H26N2O5. The summed E-state index contributed by atoms with van der Waals surface area (Å²) >= 11 is 0. The molecule has 0 bridgehead atoms. The molecule has 3 N–H and O–H groups in total. The van der Waals surface area contributed by atoms with Crippen molar-refractivity contribution in [3.8, 4) is 5.75 Å². The molecule has 1 heterocycles. The fraction of sp³-hybridized carbons (Fsp3) is 0.556. The van der Waals surface area contributed by atoms with Gasteiger partial charge in [-0.3, -0.25) is 9.59 Å². The van der Waals surface area contributed by atoms with Gasteiger partial charge in [0.05, 0.1) is 32.3 Å². The largest absolute Gasteiger partial charge is 0.497 e. The van der Waals surface area contributed by atoms with Gasteiger partial charge < -0.3 is 25.2 Å². The van der Waals surface area contributed by atoms with Crippen LogP contribution in [0, 0.1) is 0 Å². The summed E-state index contributed by atoms with van der Waals surface area (Å²) in [5.74, 6) is 0.487. The minimum Gasteiger partial charge on any atom is -0.497 e. The number of rotatable bonds is 7. The van der Waals surface area contributed by atoms with Crippen molar-refractivity contribution < 1.29 is 24.2 Å². The average Bonchev–Trinajstić information content (AvgIpc) is 2.61. The Balaban J connectivity index is 1.79. The number of nitrogens with one attached hydrogen (secondary N) is 2. The summed E-state index contributed by atoms with van der Waals surface area (Å²) in [7, 11) is 1.60. The van der Waals surface area contributed by atoms with Crippen LogP contribution in [0.1, 0.15) is 31.7 Å². The van der Waals surface area contributed by atoms with Crippen molar-refractivity contribution in [2.24, 2.45) is 0 Å². The second kappa shape index (κ2) is 9.39. The van der Waals surface area contributed by atoms with Gasteiger partial charge in [-0.1, -0.05) is 12.1 Å². The van der Waals surface area contributed by atoms with E-state index >= 15 is 0 Å². The highest BCUT2D eigenvalue weighted by atomic mass is 16.5. The smallest absolute Gasteiger partial charge is 0.222 e. The summed E-state index contributed by atoms with van der Waals surface area (Å²) in [5, 5.41) is 15.1.